The van der Waals surface area contributed by atoms with Crippen molar-refractivity contribution in [2.45, 2.75) is 0 Å². The van der Waals surface area contributed by atoms with Gasteiger partial charge < -0.3 is 16.4 Å². The standard InChI is InChI=1S/C18H21N3O.H2/c19-7-8-20-9-10-21-12-15-11-14-5-1-3-13-4-2-6-16(17(13)14)18(15)22;/h1-6,11,20-21H,7-10,12,19H2;1H/p+3. The molecule has 0 saturated heterocycles. The average Bonchev–Trinajstić information content (AvgIpc) is 2.55. The molecule has 0 radical (unpaired) electrons. The molecule has 0 heterocycles. The number of ketones is 1. The average molecular weight is 300 g/mol. The highest BCUT2D eigenvalue weighted by molar-refractivity contribution is 6.22. The van der Waals surface area contributed by atoms with Gasteiger partial charge in [0.1, 0.15) is 32.7 Å². The van der Waals surface area contributed by atoms with Crippen molar-refractivity contribution in [3.05, 3.63) is 53.1 Å². The summed E-state index contributed by atoms with van der Waals surface area (Å²) in [4.78, 5) is 12.7. The zero-order valence-electron chi connectivity index (χ0n) is 12.8. The van der Waals surface area contributed by atoms with E-state index in [0.29, 0.717) is 0 Å². The summed E-state index contributed by atoms with van der Waals surface area (Å²) in [5, 5.41) is 6.74. The lowest BCUT2D eigenvalue weighted by Gasteiger charge is -2.16. The van der Waals surface area contributed by atoms with E-state index in [0.717, 1.165) is 54.6 Å². The van der Waals surface area contributed by atoms with Crippen LogP contribution >= 0.6 is 0 Å². The molecule has 1 aliphatic rings. The molecule has 3 rings (SSSR count). The molecule has 0 aromatic heterocycles. The third-order valence-electron chi connectivity index (χ3n) is 4.15. The van der Waals surface area contributed by atoms with Crippen LogP contribution in [0.5, 0.6) is 0 Å². The first-order chi connectivity index (χ1) is 10.8. The van der Waals surface area contributed by atoms with E-state index in [1.54, 1.807) is 0 Å². The number of benzene rings is 2. The van der Waals surface area contributed by atoms with Crippen LogP contribution in [-0.4, -0.2) is 38.5 Å². The van der Waals surface area contributed by atoms with E-state index in [1.807, 2.05) is 12.1 Å². The first-order valence-corrected chi connectivity index (χ1v) is 8.01. The van der Waals surface area contributed by atoms with Gasteiger partial charge in [-0.1, -0.05) is 36.4 Å². The number of rotatable bonds is 7. The Bertz CT molecular complexity index is 722. The Morgan fingerprint density at radius 3 is 2.59 bits per heavy atom. The van der Waals surface area contributed by atoms with E-state index in [2.05, 4.69) is 46.7 Å². The summed E-state index contributed by atoms with van der Waals surface area (Å²) in [6, 6.07) is 12.2. The molecule has 4 nitrogen and oxygen atoms in total. The van der Waals surface area contributed by atoms with Crippen LogP contribution < -0.4 is 16.4 Å². The smallest absolute Gasteiger partial charge is 0.195 e. The maximum atomic E-state index is 12.7. The van der Waals surface area contributed by atoms with Crippen molar-refractivity contribution in [1.29, 1.82) is 0 Å². The lowest BCUT2D eigenvalue weighted by Crippen LogP contribution is -2.96. The number of carbonyl (C=O) groups excluding carboxylic acids is 1. The van der Waals surface area contributed by atoms with E-state index < -0.39 is 0 Å². The van der Waals surface area contributed by atoms with Crippen LogP contribution in [0.25, 0.3) is 16.8 Å². The van der Waals surface area contributed by atoms with E-state index in [9.17, 15) is 4.79 Å². The summed E-state index contributed by atoms with van der Waals surface area (Å²) < 4.78 is 0. The van der Waals surface area contributed by atoms with Crippen molar-refractivity contribution in [2.75, 3.05) is 32.7 Å². The van der Waals surface area contributed by atoms with Gasteiger partial charge in [-0.05, 0) is 17.0 Å². The highest BCUT2D eigenvalue weighted by Gasteiger charge is 2.22. The molecule has 0 saturated carbocycles. The quantitative estimate of drug-likeness (QED) is 0.566. The molecule has 2 aromatic carbocycles. The van der Waals surface area contributed by atoms with Crippen LogP contribution in [0.1, 0.15) is 17.3 Å². The van der Waals surface area contributed by atoms with E-state index in [4.69, 9.17) is 0 Å². The molecular weight excluding hydrogens is 274 g/mol. The lowest BCUT2D eigenvalue weighted by atomic mass is 9.88. The number of hydrogen-bond acceptors (Lipinski definition) is 1. The van der Waals surface area contributed by atoms with Crippen LogP contribution in [0.2, 0.25) is 0 Å². The molecule has 0 amide bonds. The van der Waals surface area contributed by atoms with Crippen molar-refractivity contribution in [1.82, 2.24) is 0 Å². The van der Waals surface area contributed by atoms with Crippen molar-refractivity contribution < 1.29 is 22.6 Å². The van der Waals surface area contributed by atoms with Gasteiger partial charge in [0, 0.05) is 12.4 Å². The highest BCUT2D eigenvalue weighted by Crippen LogP contribution is 2.30. The summed E-state index contributed by atoms with van der Waals surface area (Å²) in [6.07, 6.45) is 2.06. The Kier molecular flexibility index (Phi) is 4.63. The third kappa shape index (κ3) is 2.95. The number of carbonyl (C=O) groups is 1. The number of hydrogen-bond donors (Lipinski definition) is 3. The molecule has 0 unspecified atom stereocenters. The maximum absolute atomic E-state index is 12.7. The Morgan fingerprint density at radius 1 is 1.00 bits per heavy atom. The van der Waals surface area contributed by atoms with Gasteiger partial charge in [-0.3, -0.25) is 4.79 Å². The molecule has 0 spiro atoms. The minimum atomic E-state index is 0. The summed E-state index contributed by atoms with van der Waals surface area (Å²) in [7, 11) is 0. The lowest BCUT2D eigenvalue weighted by molar-refractivity contribution is -0.725. The van der Waals surface area contributed by atoms with Crippen LogP contribution in [0, 0.1) is 0 Å². The van der Waals surface area contributed by atoms with Gasteiger partial charge in [-0.2, -0.15) is 0 Å². The Hall–Kier alpha value is -2.01. The number of Topliss-reactive ketones (excluding diaryl/α,β-unsaturated/α-hetero) is 1. The van der Waals surface area contributed by atoms with Crippen LogP contribution in [-0.2, 0) is 0 Å². The fourth-order valence-corrected chi connectivity index (χ4v) is 3.04. The minimum Gasteiger partial charge on any atom is -0.353 e. The first-order valence-electron chi connectivity index (χ1n) is 8.01. The molecule has 0 aliphatic heterocycles. The Labute approximate surface area is 131 Å². The van der Waals surface area contributed by atoms with Gasteiger partial charge in [-0.25, -0.2) is 0 Å². The predicted molar refractivity (Wildman–Crippen MR) is 89.4 cm³/mol. The van der Waals surface area contributed by atoms with Crippen molar-refractivity contribution in [3.63, 3.8) is 0 Å². The fourth-order valence-electron chi connectivity index (χ4n) is 3.04. The number of quaternary nitrogens is 3. The van der Waals surface area contributed by atoms with E-state index in [-0.39, 0.29) is 7.21 Å². The van der Waals surface area contributed by atoms with E-state index in [1.165, 1.54) is 5.56 Å². The van der Waals surface area contributed by atoms with Crippen LogP contribution in [0.15, 0.2) is 42.0 Å². The van der Waals surface area contributed by atoms with Gasteiger partial charge in [0.05, 0.1) is 5.57 Å². The first kappa shape index (κ1) is 14.9. The second-order valence-corrected chi connectivity index (χ2v) is 5.75. The second-order valence-electron chi connectivity index (χ2n) is 5.75. The molecule has 22 heavy (non-hydrogen) atoms. The van der Waals surface area contributed by atoms with Crippen molar-refractivity contribution in [2.24, 2.45) is 0 Å². The van der Waals surface area contributed by atoms with Gasteiger partial charge >= 0.3 is 0 Å². The van der Waals surface area contributed by atoms with Gasteiger partial charge in [0.15, 0.2) is 5.78 Å². The molecular formula is C18H26N3O+3. The molecule has 4 heteroatoms. The summed E-state index contributed by atoms with van der Waals surface area (Å²) >= 11 is 0. The largest absolute Gasteiger partial charge is 0.353 e. The summed E-state index contributed by atoms with van der Waals surface area (Å²) in [6.45, 7) is 4.89. The zero-order valence-corrected chi connectivity index (χ0v) is 12.8. The fraction of sp³-hybridized carbons (Fsp3) is 0.278. The Balaban J connectivity index is 0.00000192. The van der Waals surface area contributed by atoms with Gasteiger partial charge in [-0.15, -0.1) is 0 Å². The summed E-state index contributed by atoms with van der Waals surface area (Å²) in [5.74, 6) is 0.183. The second kappa shape index (κ2) is 6.83. The van der Waals surface area contributed by atoms with Crippen LogP contribution in [0.4, 0.5) is 0 Å². The van der Waals surface area contributed by atoms with Gasteiger partial charge in [0.25, 0.3) is 0 Å². The molecule has 1 aliphatic carbocycles. The third-order valence-corrected chi connectivity index (χ3v) is 4.15. The van der Waals surface area contributed by atoms with Crippen molar-refractivity contribution in [3.8, 4) is 0 Å². The highest BCUT2D eigenvalue weighted by atomic mass is 16.1. The van der Waals surface area contributed by atoms with Crippen molar-refractivity contribution >= 4 is 22.6 Å². The molecule has 0 bridgehead atoms. The van der Waals surface area contributed by atoms with Crippen LogP contribution in [0.3, 0.4) is 0 Å². The number of nitrogens with two attached hydrogens (primary N) is 2. The molecule has 0 atom stereocenters. The normalized spacial score (nSPS) is 13.5. The molecule has 2 aromatic rings. The van der Waals surface area contributed by atoms with Gasteiger partial charge in [0.2, 0.25) is 0 Å². The zero-order chi connectivity index (χ0) is 15.4. The minimum absolute atomic E-state index is 0. The Morgan fingerprint density at radius 2 is 1.77 bits per heavy atom. The molecule has 7 N–H and O–H groups in total. The van der Waals surface area contributed by atoms with E-state index >= 15 is 0 Å². The summed E-state index contributed by atoms with van der Waals surface area (Å²) in [5.41, 5.74) is 6.75. The SMILES string of the molecule is [HH].[NH3+]CC[NH2+]CC[NH2+]CC1=Cc2cccc3cccc(c23)C1=O. The monoisotopic (exact) mass is 300 g/mol. The molecule has 116 valence electrons. The predicted octanol–water partition coefficient (Wildman–Crippen LogP) is -0.966. The molecule has 0 fully saturated rings. The maximum Gasteiger partial charge on any atom is 0.195 e. The topological polar surface area (TPSA) is 77.9 Å².